The Bertz CT molecular complexity index is 744. The van der Waals surface area contributed by atoms with Gasteiger partial charge in [-0.15, -0.1) is 6.42 Å². The molecule has 2 aromatic rings. The zero-order chi connectivity index (χ0) is 17.0. The summed E-state index contributed by atoms with van der Waals surface area (Å²) < 4.78 is 10.5. The maximum atomic E-state index is 12.0. The molecule has 0 spiro atoms. The van der Waals surface area contributed by atoms with Crippen LogP contribution in [0.15, 0.2) is 42.5 Å². The van der Waals surface area contributed by atoms with E-state index in [9.17, 15) is 4.79 Å². The van der Waals surface area contributed by atoms with E-state index in [0.717, 1.165) is 16.7 Å². The summed E-state index contributed by atoms with van der Waals surface area (Å²) in [5.41, 5.74) is 2.60. The fraction of sp³-hybridized carbons (Fsp3) is 0.250. The number of esters is 1. The van der Waals surface area contributed by atoms with Gasteiger partial charge in [-0.2, -0.15) is 0 Å². The van der Waals surface area contributed by atoms with E-state index in [2.05, 4.69) is 5.92 Å². The Morgan fingerprint density at radius 1 is 1.09 bits per heavy atom. The summed E-state index contributed by atoms with van der Waals surface area (Å²) in [5, 5.41) is 0. The van der Waals surface area contributed by atoms with Crippen molar-refractivity contribution in [2.24, 2.45) is 0 Å². The number of hydrogen-bond acceptors (Lipinski definition) is 3. The average molecular weight is 308 g/mol. The highest BCUT2D eigenvalue weighted by molar-refractivity contribution is 5.90. The minimum Gasteiger partial charge on any atom is -0.497 e. The molecule has 3 heteroatoms. The van der Waals surface area contributed by atoms with E-state index in [4.69, 9.17) is 15.9 Å². The van der Waals surface area contributed by atoms with Crippen LogP contribution in [0.5, 0.6) is 5.75 Å². The molecule has 3 nitrogen and oxygen atoms in total. The second-order valence-corrected chi connectivity index (χ2v) is 6.14. The third kappa shape index (κ3) is 4.14. The lowest BCUT2D eigenvalue weighted by Gasteiger charge is -2.19. The number of hydrogen-bond donors (Lipinski definition) is 0. The molecule has 0 saturated heterocycles. The number of benzene rings is 2. The van der Waals surface area contributed by atoms with Crippen LogP contribution >= 0.6 is 0 Å². The molecular formula is C20H20O3. The van der Waals surface area contributed by atoms with E-state index >= 15 is 0 Å². The topological polar surface area (TPSA) is 35.5 Å². The first-order valence-electron chi connectivity index (χ1n) is 7.32. The van der Waals surface area contributed by atoms with Crippen molar-refractivity contribution in [1.82, 2.24) is 0 Å². The molecule has 2 aromatic carbocycles. The molecule has 2 rings (SSSR count). The fourth-order valence-electron chi connectivity index (χ4n) is 2.14. The summed E-state index contributed by atoms with van der Waals surface area (Å²) in [6, 6.07) is 12.8. The number of terminal acetylenes is 1. The summed E-state index contributed by atoms with van der Waals surface area (Å²) >= 11 is 0. The molecule has 23 heavy (non-hydrogen) atoms. The molecule has 0 saturated carbocycles. The van der Waals surface area contributed by atoms with Gasteiger partial charge in [-0.05, 0) is 62.2 Å². The van der Waals surface area contributed by atoms with Crippen LogP contribution in [0.3, 0.4) is 0 Å². The molecule has 0 aromatic heterocycles. The Morgan fingerprint density at radius 3 is 2.26 bits per heavy atom. The molecule has 0 unspecified atom stereocenters. The molecule has 0 heterocycles. The molecule has 0 atom stereocenters. The number of methoxy groups -OCH3 is 1. The second-order valence-electron chi connectivity index (χ2n) is 6.14. The van der Waals surface area contributed by atoms with Crippen molar-refractivity contribution in [3.05, 3.63) is 53.6 Å². The van der Waals surface area contributed by atoms with Gasteiger partial charge < -0.3 is 9.47 Å². The fourth-order valence-corrected chi connectivity index (χ4v) is 2.14. The summed E-state index contributed by atoms with van der Waals surface area (Å²) in [6.07, 6.45) is 5.58. The van der Waals surface area contributed by atoms with Crippen molar-refractivity contribution in [2.75, 3.05) is 7.11 Å². The standard InChI is InChI=1S/C20H20O3/c1-6-14-13-17(22-5)11-12-18(14)15-7-9-16(10-8-15)19(21)23-20(2,3)4/h1,7-13H,2-5H3. The third-order valence-corrected chi connectivity index (χ3v) is 3.21. The maximum absolute atomic E-state index is 12.0. The first kappa shape index (κ1) is 16.6. The van der Waals surface area contributed by atoms with E-state index in [1.54, 1.807) is 19.2 Å². The Labute approximate surface area is 137 Å². The quantitative estimate of drug-likeness (QED) is 0.626. The molecule has 0 bridgehead atoms. The Kier molecular flexibility index (Phi) is 4.76. The SMILES string of the molecule is C#Cc1cc(OC)ccc1-c1ccc(C(=O)OC(C)(C)C)cc1. The highest BCUT2D eigenvalue weighted by Gasteiger charge is 2.17. The normalized spacial score (nSPS) is 10.7. The Morgan fingerprint density at radius 2 is 1.74 bits per heavy atom. The molecule has 0 aliphatic heterocycles. The van der Waals surface area contributed by atoms with Gasteiger partial charge in [-0.25, -0.2) is 4.79 Å². The van der Waals surface area contributed by atoms with Gasteiger partial charge in [0.25, 0.3) is 0 Å². The average Bonchev–Trinajstić information content (AvgIpc) is 2.52. The number of rotatable bonds is 3. The highest BCUT2D eigenvalue weighted by Crippen LogP contribution is 2.27. The van der Waals surface area contributed by atoms with Gasteiger partial charge in [0.05, 0.1) is 12.7 Å². The van der Waals surface area contributed by atoms with E-state index in [1.807, 2.05) is 51.1 Å². The van der Waals surface area contributed by atoms with Gasteiger partial charge in [0.2, 0.25) is 0 Å². The molecule has 0 aliphatic rings. The van der Waals surface area contributed by atoms with Gasteiger partial charge >= 0.3 is 5.97 Å². The first-order chi connectivity index (χ1) is 10.8. The van der Waals surface area contributed by atoms with E-state index in [-0.39, 0.29) is 5.97 Å². The molecular weight excluding hydrogens is 288 g/mol. The monoisotopic (exact) mass is 308 g/mol. The van der Waals surface area contributed by atoms with Gasteiger partial charge in [0.1, 0.15) is 11.4 Å². The van der Waals surface area contributed by atoms with E-state index < -0.39 is 5.60 Å². The van der Waals surface area contributed by atoms with Crippen molar-refractivity contribution in [1.29, 1.82) is 0 Å². The van der Waals surface area contributed by atoms with Gasteiger partial charge in [0.15, 0.2) is 0 Å². The molecule has 0 aliphatic carbocycles. The van der Waals surface area contributed by atoms with Crippen molar-refractivity contribution < 1.29 is 14.3 Å². The molecule has 118 valence electrons. The molecule has 0 fully saturated rings. The lowest BCUT2D eigenvalue weighted by atomic mass is 9.98. The van der Waals surface area contributed by atoms with Crippen molar-refractivity contribution in [2.45, 2.75) is 26.4 Å². The highest BCUT2D eigenvalue weighted by atomic mass is 16.6. The lowest BCUT2D eigenvalue weighted by Crippen LogP contribution is -2.23. The van der Waals surface area contributed by atoms with Crippen LogP contribution < -0.4 is 4.74 Å². The third-order valence-electron chi connectivity index (χ3n) is 3.21. The van der Waals surface area contributed by atoms with Gasteiger partial charge in [-0.3, -0.25) is 0 Å². The summed E-state index contributed by atoms with van der Waals surface area (Å²) in [5.74, 6) is 3.04. The van der Waals surface area contributed by atoms with Crippen LogP contribution in [-0.4, -0.2) is 18.7 Å². The number of ether oxygens (including phenoxy) is 2. The van der Waals surface area contributed by atoms with E-state index in [0.29, 0.717) is 11.3 Å². The van der Waals surface area contributed by atoms with Crippen LogP contribution in [0.2, 0.25) is 0 Å². The first-order valence-corrected chi connectivity index (χ1v) is 7.32. The number of carbonyl (C=O) groups excluding carboxylic acids is 1. The lowest BCUT2D eigenvalue weighted by molar-refractivity contribution is 0.00696. The van der Waals surface area contributed by atoms with Crippen molar-refractivity contribution in [3.63, 3.8) is 0 Å². The van der Waals surface area contributed by atoms with Crippen molar-refractivity contribution in [3.8, 4) is 29.2 Å². The minimum absolute atomic E-state index is 0.337. The molecule has 0 N–H and O–H groups in total. The number of carbonyl (C=O) groups is 1. The maximum Gasteiger partial charge on any atom is 0.338 e. The minimum atomic E-state index is -0.512. The van der Waals surface area contributed by atoms with Gasteiger partial charge in [0, 0.05) is 5.56 Å². The molecule has 0 radical (unpaired) electrons. The predicted molar refractivity (Wildman–Crippen MR) is 91.5 cm³/mol. The van der Waals surface area contributed by atoms with E-state index in [1.165, 1.54) is 0 Å². The Balaban J connectivity index is 2.30. The second kappa shape index (κ2) is 6.58. The summed E-state index contributed by atoms with van der Waals surface area (Å²) in [4.78, 5) is 12.0. The zero-order valence-electron chi connectivity index (χ0n) is 13.8. The van der Waals surface area contributed by atoms with Crippen LogP contribution in [0, 0.1) is 12.3 Å². The smallest absolute Gasteiger partial charge is 0.338 e. The zero-order valence-corrected chi connectivity index (χ0v) is 13.8. The van der Waals surface area contributed by atoms with Gasteiger partial charge in [-0.1, -0.05) is 18.1 Å². The Hall–Kier alpha value is -2.73. The summed E-state index contributed by atoms with van der Waals surface area (Å²) in [6.45, 7) is 5.53. The van der Waals surface area contributed by atoms with Crippen molar-refractivity contribution >= 4 is 5.97 Å². The van der Waals surface area contributed by atoms with Crippen LogP contribution in [-0.2, 0) is 4.74 Å². The molecule has 0 amide bonds. The summed E-state index contributed by atoms with van der Waals surface area (Å²) in [7, 11) is 1.60. The van der Waals surface area contributed by atoms with Crippen LogP contribution in [0.25, 0.3) is 11.1 Å². The predicted octanol–water partition coefficient (Wildman–Crippen LogP) is 4.30. The van der Waals surface area contributed by atoms with Crippen LogP contribution in [0.1, 0.15) is 36.7 Å². The largest absolute Gasteiger partial charge is 0.497 e. The van der Waals surface area contributed by atoms with Crippen LogP contribution in [0.4, 0.5) is 0 Å².